The molecule has 21 heavy (non-hydrogen) atoms. The summed E-state index contributed by atoms with van der Waals surface area (Å²) >= 11 is 0. The molecule has 5 nitrogen and oxygen atoms in total. The van der Waals surface area contributed by atoms with Gasteiger partial charge in [-0.3, -0.25) is 10.2 Å². The van der Waals surface area contributed by atoms with E-state index >= 15 is 0 Å². The predicted octanol–water partition coefficient (Wildman–Crippen LogP) is 2.52. The Morgan fingerprint density at radius 3 is 2.90 bits per heavy atom. The molecule has 0 unspecified atom stereocenters. The summed E-state index contributed by atoms with van der Waals surface area (Å²) < 4.78 is 0. The quantitative estimate of drug-likeness (QED) is 0.890. The number of benzene rings is 1. The molecule has 0 fully saturated rings. The molecular weight excluding hydrogens is 266 g/mol. The lowest BCUT2D eigenvalue weighted by molar-refractivity contribution is 0.253. The fourth-order valence-corrected chi connectivity index (χ4v) is 2.63. The zero-order valence-corrected chi connectivity index (χ0v) is 11.8. The minimum atomic E-state index is -0.225. The van der Waals surface area contributed by atoms with Gasteiger partial charge in [-0.2, -0.15) is 0 Å². The number of carbonyl (C=O) groups is 1. The predicted molar refractivity (Wildman–Crippen MR) is 81.6 cm³/mol. The van der Waals surface area contributed by atoms with E-state index in [-0.39, 0.29) is 18.6 Å². The van der Waals surface area contributed by atoms with Crippen LogP contribution in [0.4, 0.5) is 16.3 Å². The van der Waals surface area contributed by atoms with E-state index in [1.807, 2.05) is 43.3 Å². The number of hydrogen-bond donors (Lipinski definition) is 2. The minimum Gasteiger partial charge on any atom is -0.396 e. The number of aryl methyl sites for hydroxylation is 1. The van der Waals surface area contributed by atoms with Crippen LogP contribution in [0.25, 0.3) is 0 Å². The maximum absolute atomic E-state index is 12.4. The Morgan fingerprint density at radius 1 is 1.33 bits per heavy atom. The summed E-state index contributed by atoms with van der Waals surface area (Å²) in [5.41, 5.74) is 2.71. The first kappa shape index (κ1) is 13.6. The maximum Gasteiger partial charge on any atom is 0.327 e. The van der Waals surface area contributed by atoms with Gasteiger partial charge in [0, 0.05) is 23.8 Å². The number of aliphatic hydroxyl groups is 1. The molecule has 0 spiro atoms. The second kappa shape index (κ2) is 5.54. The number of aliphatic hydroxyl groups excluding tert-OH is 1. The monoisotopic (exact) mass is 283 g/mol. The second-order valence-electron chi connectivity index (χ2n) is 5.14. The van der Waals surface area contributed by atoms with Crippen LogP contribution in [0.3, 0.4) is 0 Å². The van der Waals surface area contributed by atoms with Gasteiger partial charge in [0.15, 0.2) is 0 Å². The number of aromatic nitrogens is 1. The van der Waals surface area contributed by atoms with Crippen molar-refractivity contribution in [2.75, 3.05) is 23.4 Å². The smallest absolute Gasteiger partial charge is 0.327 e. The highest BCUT2D eigenvalue weighted by Crippen LogP contribution is 2.35. The number of urea groups is 1. The highest BCUT2D eigenvalue weighted by Gasteiger charge is 2.31. The first-order chi connectivity index (χ1) is 10.2. The van der Waals surface area contributed by atoms with Gasteiger partial charge in [0.25, 0.3) is 0 Å². The van der Waals surface area contributed by atoms with Gasteiger partial charge >= 0.3 is 6.03 Å². The van der Waals surface area contributed by atoms with Gasteiger partial charge in [0.1, 0.15) is 5.82 Å². The normalized spacial score (nSPS) is 16.7. The number of amides is 2. The van der Waals surface area contributed by atoms with Gasteiger partial charge < -0.3 is 5.11 Å². The van der Waals surface area contributed by atoms with E-state index < -0.39 is 0 Å². The number of rotatable bonds is 2. The third-order valence-corrected chi connectivity index (χ3v) is 3.66. The lowest BCUT2D eigenvalue weighted by Gasteiger charge is -2.18. The van der Waals surface area contributed by atoms with Crippen molar-refractivity contribution < 1.29 is 9.90 Å². The number of fused-ring (bicyclic) bond motifs is 1. The molecule has 0 saturated heterocycles. The molecular formula is C16H17N3O2. The molecule has 2 N–H and O–H groups in total. The fourth-order valence-electron chi connectivity index (χ4n) is 2.63. The first-order valence-electron chi connectivity index (χ1n) is 6.91. The van der Waals surface area contributed by atoms with Crippen molar-refractivity contribution in [3.8, 4) is 0 Å². The lowest BCUT2D eigenvalue weighted by atomic mass is 10.0. The summed E-state index contributed by atoms with van der Waals surface area (Å²) in [6.07, 6.45) is 0. The summed E-state index contributed by atoms with van der Waals surface area (Å²) in [5, 5.41) is 12.3. The molecule has 1 aliphatic rings. The largest absolute Gasteiger partial charge is 0.396 e. The summed E-state index contributed by atoms with van der Waals surface area (Å²) in [4.78, 5) is 18.4. The zero-order valence-electron chi connectivity index (χ0n) is 11.8. The number of nitrogens with one attached hydrogen (secondary N) is 1. The Labute approximate surface area is 123 Å². The van der Waals surface area contributed by atoms with Crippen molar-refractivity contribution in [1.29, 1.82) is 0 Å². The van der Waals surface area contributed by atoms with E-state index in [2.05, 4.69) is 10.3 Å². The Kier molecular flexibility index (Phi) is 3.58. The number of nitrogens with zero attached hydrogens (tertiary/aromatic N) is 2. The van der Waals surface area contributed by atoms with Crippen LogP contribution in [-0.2, 0) is 0 Å². The first-order valence-corrected chi connectivity index (χ1v) is 6.91. The Bertz CT molecular complexity index is 672. The van der Waals surface area contributed by atoms with Crippen LogP contribution >= 0.6 is 0 Å². The number of hydrogen-bond acceptors (Lipinski definition) is 3. The topological polar surface area (TPSA) is 65.5 Å². The molecule has 2 amide bonds. The van der Waals surface area contributed by atoms with E-state index in [4.69, 9.17) is 0 Å². The molecule has 3 rings (SSSR count). The van der Waals surface area contributed by atoms with Gasteiger partial charge in [-0.25, -0.2) is 9.78 Å². The van der Waals surface area contributed by atoms with Crippen LogP contribution in [0, 0.1) is 6.92 Å². The molecule has 0 radical (unpaired) electrons. The lowest BCUT2D eigenvalue weighted by Crippen LogP contribution is -2.34. The summed E-state index contributed by atoms with van der Waals surface area (Å²) in [6.45, 7) is 2.39. The van der Waals surface area contributed by atoms with Crippen LogP contribution in [0.1, 0.15) is 17.2 Å². The van der Waals surface area contributed by atoms with Crippen LogP contribution < -0.4 is 10.2 Å². The van der Waals surface area contributed by atoms with Crippen LogP contribution in [-0.4, -0.2) is 29.3 Å². The van der Waals surface area contributed by atoms with Gasteiger partial charge in [-0.15, -0.1) is 0 Å². The molecule has 0 saturated carbocycles. The number of carbonyl (C=O) groups excluding carboxylic acids is 1. The Morgan fingerprint density at radius 2 is 2.14 bits per heavy atom. The SMILES string of the molecule is Cc1cccc(NC(=O)N2C[C@@H](CO)c3ccccc32)n1. The van der Waals surface area contributed by atoms with Crippen LogP contribution in [0.5, 0.6) is 0 Å². The average molecular weight is 283 g/mol. The summed E-state index contributed by atoms with van der Waals surface area (Å²) in [7, 11) is 0. The van der Waals surface area contributed by atoms with Crippen molar-refractivity contribution in [3.05, 3.63) is 53.7 Å². The third-order valence-electron chi connectivity index (χ3n) is 3.66. The highest BCUT2D eigenvalue weighted by molar-refractivity contribution is 6.02. The molecule has 0 aliphatic carbocycles. The second-order valence-corrected chi connectivity index (χ2v) is 5.14. The standard InChI is InChI=1S/C16H17N3O2/c1-11-5-4-8-15(17-11)18-16(21)19-9-12(10-20)13-6-2-3-7-14(13)19/h2-8,12,20H,9-10H2,1H3,(H,17,18,21)/t12-/m0/s1. The Balaban J connectivity index is 1.83. The average Bonchev–Trinajstić information content (AvgIpc) is 2.86. The molecule has 5 heteroatoms. The molecule has 2 aromatic rings. The highest BCUT2D eigenvalue weighted by atomic mass is 16.3. The Hall–Kier alpha value is -2.40. The number of para-hydroxylation sites is 1. The molecule has 1 aromatic carbocycles. The van der Waals surface area contributed by atoms with E-state index in [0.29, 0.717) is 12.4 Å². The van der Waals surface area contributed by atoms with Crippen LogP contribution in [0.15, 0.2) is 42.5 Å². The van der Waals surface area contributed by atoms with E-state index in [9.17, 15) is 9.90 Å². The molecule has 1 aromatic heterocycles. The molecule has 1 atom stereocenters. The number of anilines is 2. The van der Waals surface area contributed by atoms with E-state index in [1.54, 1.807) is 11.0 Å². The number of pyridine rings is 1. The maximum atomic E-state index is 12.4. The van der Waals surface area contributed by atoms with E-state index in [0.717, 1.165) is 16.9 Å². The van der Waals surface area contributed by atoms with Crippen LogP contribution in [0.2, 0.25) is 0 Å². The summed E-state index contributed by atoms with van der Waals surface area (Å²) in [5.74, 6) is 0.502. The van der Waals surface area contributed by atoms with Gasteiger partial charge in [0.05, 0.1) is 6.61 Å². The van der Waals surface area contributed by atoms with Gasteiger partial charge in [-0.05, 0) is 30.7 Å². The van der Waals surface area contributed by atoms with Crippen molar-refractivity contribution in [3.63, 3.8) is 0 Å². The van der Waals surface area contributed by atoms with Crippen molar-refractivity contribution in [1.82, 2.24) is 4.98 Å². The van der Waals surface area contributed by atoms with E-state index in [1.165, 1.54) is 0 Å². The molecule has 1 aliphatic heterocycles. The van der Waals surface area contributed by atoms with Crippen molar-refractivity contribution in [2.24, 2.45) is 0 Å². The van der Waals surface area contributed by atoms with Gasteiger partial charge in [0.2, 0.25) is 0 Å². The summed E-state index contributed by atoms with van der Waals surface area (Å²) in [6, 6.07) is 12.9. The minimum absolute atomic E-state index is 0.0302. The molecule has 2 heterocycles. The molecule has 108 valence electrons. The fraction of sp³-hybridized carbons (Fsp3) is 0.250. The van der Waals surface area contributed by atoms with Gasteiger partial charge in [-0.1, -0.05) is 24.3 Å². The van der Waals surface area contributed by atoms with Crippen molar-refractivity contribution in [2.45, 2.75) is 12.8 Å². The third kappa shape index (κ3) is 2.60. The van der Waals surface area contributed by atoms with Crippen molar-refractivity contribution >= 4 is 17.5 Å². The zero-order chi connectivity index (χ0) is 14.8. The molecule has 0 bridgehead atoms.